The van der Waals surface area contributed by atoms with Gasteiger partial charge in [-0.25, -0.2) is 0 Å². The van der Waals surface area contributed by atoms with Crippen molar-refractivity contribution in [2.24, 2.45) is 5.41 Å². The van der Waals surface area contributed by atoms with E-state index in [0.717, 1.165) is 0 Å². The number of ether oxygens (including phenoxy) is 2. The van der Waals surface area contributed by atoms with Crippen LogP contribution in [0.1, 0.15) is 54.4 Å². The summed E-state index contributed by atoms with van der Waals surface area (Å²) in [6.07, 6.45) is 0.807. The predicted octanol–water partition coefficient (Wildman–Crippen LogP) is 2.70. The summed E-state index contributed by atoms with van der Waals surface area (Å²) in [6.45, 7) is 11.1. The fraction of sp³-hybridized carbons (Fsp3) is 0.846. The van der Waals surface area contributed by atoms with E-state index in [9.17, 15) is 9.59 Å². The Morgan fingerprint density at radius 2 is 1.59 bits per heavy atom. The monoisotopic (exact) mass is 244 g/mol. The van der Waals surface area contributed by atoms with Crippen molar-refractivity contribution < 1.29 is 19.1 Å². The van der Waals surface area contributed by atoms with Gasteiger partial charge in [-0.15, -0.1) is 0 Å². The van der Waals surface area contributed by atoms with Crippen molar-refractivity contribution in [2.75, 3.05) is 6.61 Å². The smallest absolute Gasteiger partial charge is 0.311 e. The van der Waals surface area contributed by atoms with Crippen LogP contribution in [-0.2, 0) is 19.1 Å². The molecule has 0 aliphatic carbocycles. The summed E-state index contributed by atoms with van der Waals surface area (Å²) >= 11 is 0. The lowest BCUT2D eigenvalue weighted by Crippen LogP contribution is -2.28. The van der Waals surface area contributed by atoms with Gasteiger partial charge < -0.3 is 9.47 Å². The van der Waals surface area contributed by atoms with Crippen LogP contribution in [0, 0.1) is 5.41 Å². The minimum absolute atomic E-state index is 0.0805. The molecule has 0 amide bonds. The van der Waals surface area contributed by atoms with Gasteiger partial charge in [0, 0.05) is 0 Å². The Labute approximate surface area is 104 Å². The lowest BCUT2D eigenvalue weighted by Gasteiger charge is -2.21. The predicted molar refractivity (Wildman–Crippen MR) is 65.5 cm³/mol. The van der Waals surface area contributed by atoms with Gasteiger partial charge in [-0.1, -0.05) is 6.92 Å². The third kappa shape index (κ3) is 6.97. The highest BCUT2D eigenvalue weighted by Crippen LogP contribution is 2.21. The van der Waals surface area contributed by atoms with Crippen LogP contribution in [0.3, 0.4) is 0 Å². The van der Waals surface area contributed by atoms with Crippen molar-refractivity contribution in [1.82, 2.24) is 0 Å². The molecule has 0 bridgehead atoms. The second-order valence-corrected chi connectivity index (χ2v) is 5.71. The molecule has 17 heavy (non-hydrogen) atoms. The largest absolute Gasteiger partial charge is 0.465 e. The Kier molecular flexibility index (Phi) is 5.66. The van der Waals surface area contributed by atoms with Gasteiger partial charge in [0.05, 0.1) is 11.8 Å². The molecule has 0 atom stereocenters. The number of rotatable bonds is 5. The second-order valence-electron chi connectivity index (χ2n) is 5.71. The molecule has 0 aromatic rings. The molecule has 0 saturated heterocycles. The van der Waals surface area contributed by atoms with Crippen molar-refractivity contribution in [3.05, 3.63) is 0 Å². The average molecular weight is 244 g/mol. The van der Waals surface area contributed by atoms with E-state index in [1.165, 1.54) is 0 Å². The third-order valence-electron chi connectivity index (χ3n) is 2.40. The molecule has 0 spiro atoms. The summed E-state index contributed by atoms with van der Waals surface area (Å²) < 4.78 is 10.1. The summed E-state index contributed by atoms with van der Waals surface area (Å²) in [5.41, 5.74) is -0.988. The maximum absolute atomic E-state index is 11.6. The summed E-state index contributed by atoms with van der Waals surface area (Å²) in [7, 11) is 0. The first-order chi connectivity index (χ1) is 7.58. The molecule has 100 valence electrons. The topological polar surface area (TPSA) is 52.6 Å². The minimum atomic E-state index is -0.496. The quantitative estimate of drug-likeness (QED) is 0.698. The van der Waals surface area contributed by atoms with Crippen LogP contribution < -0.4 is 0 Å². The van der Waals surface area contributed by atoms with E-state index in [2.05, 4.69) is 0 Å². The van der Waals surface area contributed by atoms with Gasteiger partial charge in [-0.2, -0.15) is 0 Å². The van der Waals surface area contributed by atoms with Crippen LogP contribution in [0.4, 0.5) is 0 Å². The lowest BCUT2D eigenvalue weighted by atomic mass is 9.91. The van der Waals surface area contributed by atoms with Crippen molar-refractivity contribution in [2.45, 2.75) is 60.0 Å². The zero-order valence-electron chi connectivity index (χ0n) is 11.8. The first-order valence-electron chi connectivity index (χ1n) is 5.97. The van der Waals surface area contributed by atoms with E-state index in [1.54, 1.807) is 20.8 Å². The Bertz CT molecular complexity index is 274. The van der Waals surface area contributed by atoms with E-state index < -0.39 is 11.0 Å². The molecule has 0 aromatic carbocycles. The molecule has 0 aliphatic rings. The Morgan fingerprint density at radius 1 is 1.06 bits per heavy atom. The minimum Gasteiger partial charge on any atom is -0.465 e. The van der Waals surface area contributed by atoms with Gasteiger partial charge in [0.1, 0.15) is 12.2 Å². The molecule has 0 rings (SSSR count). The van der Waals surface area contributed by atoms with E-state index >= 15 is 0 Å². The first-order valence-corrected chi connectivity index (χ1v) is 5.97. The fourth-order valence-corrected chi connectivity index (χ4v) is 0.959. The van der Waals surface area contributed by atoms with Gasteiger partial charge >= 0.3 is 11.9 Å². The van der Waals surface area contributed by atoms with E-state index in [4.69, 9.17) is 9.47 Å². The van der Waals surface area contributed by atoms with Crippen molar-refractivity contribution in [3.8, 4) is 0 Å². The van der Waals surface area contributed by atoms with Gasteiger partial charge in [-0.3, -0.25) is 9.59 Å². The van der Waals surface area contributed by atoms with Crippen LogP contribution in [0.2, 0.25) is 0 Å². The zero-order chi connectivity index (χ0) is 13.7. The zero-order valence-corrected chi connectivity index (χ0v) is 11.8. The highest BCUT2D eigenvalue weighted by atomic mass is 16.6. The number of carbonyl (C=O) groups is 2. The highest BCUT2D eigenvalue weighted by Gasteiger charge is 2.27. The molecule has 0 aromatic heterocycles. The average Bonchev–Trinajstić information content (AvgIpc) is 2.14. The summed E-state index contributed by atoms with van der Waals surface area (Å²) in [5.74, 6) is -0.622. The fourth-order valence-electron chi connectivity index (χ4n) is 0.959. The van der Waals surface area contributed by atoms with Crippen LogP contribution in [0.5, 0.6) is 0 Å². The summed E-state index contributed by atoms with van der Waals surface area (Å²) in [5, 5.41) is 0. The molecular weight excluding hydrogens is 220 g/mol. The number of hydrogen-bond acceptors (Lipinski definition) is 4. The molecule has 0 heterocycles. The van der Waals surface area contributed by atoms with E-state index in [1.807, 2.05) is 20.8 Å². The molecule has 0 N–H and O–H groups in total. The molecule has 0 aliphatic heterocycles. The van der Waals surface area contributed by atoms with Gasteiger partial charge in [0.15, 0.2) is 0 Å². The molecule has 4 heteroatoms. The molecule has 0 radical (unpaired) electrons. The number of esters is 2. The van der Waals surface area contributed by atoms with Crippen LogP contribution >= 0.6 is 0 Å². The Balaban J connectivity index is 3.93. The van der Waals surface area contributed by atoms with Gasteiger partial charge in [0.2, 0.25) is 0 Å². The number of carbonyl (C=O) groups excluding carboxylic acids is 2. The van der Waals surface area contributed by atoms with Gasteiger partial charge in [0.25, 0.3) is 0 Å². The lowest BCUT2D eigenvalue weighted by molar-refractivity contribution is -0.160. The van der Waals surface area contributed by atoms with Crippen molar-refractivity contribution in [1.29, 1.82) is 0 Å². The maximum Gasteiger partial charge on any atom is 0.311 e. The molecule has 0 saturated carbocycles. The van der Waals surface area contributed by atoms with Crippen LogP contribution in [-0.4, -0.2) is 24.1 Å². The Morgan fingerprint density at radius 3 is 2.00 bits per heavy atom. The normalized spacial score (nSPS) is 12.1. The summed E-state index contributed by atoms with van der Waals surface area (Å²) in [4.78, 5) is 22.9. The molecule has 0 unspecified atom stereocenters. The second kappa shape index (κ2) is 6.03. The van der Waals surface area contributed by atoms with Crippen LogP contribution in [0.25, 0.3) is 0 Å². The molecule has 4 nitrogen and oxygen atoms in total. The van der Waals surface area contributed by atoms with E-state index in [0.29, 0.717) is 6.42 Å². The van der Waals surface area contributed by atoms with Crippen molar-refractivity contribution >= 4 is 11.9 Å². The van der Waals surface area contributed by atoms with E-state index in [-0.39, 0.29) is 25.0 Å². The molecule has 0 fully saturated rings. The first kappa shape index (κ1) is 15.9. The van der Waals surface area contributed by atoms with Gasteiger partial charge in [-0.05, 0) is 41.0 Å². The molecular formula is C13H24O4. The maximum atomic E-state index is 11.6. The standard InChI is InChI=1S/C13H24O4/c1-7-13(5,6)11(15)16-9-8-10(14)17-12(2,3)4/h7-9H2,1-6H3. The van der Waals surface area contributed by atoms with Crippen molar-refractivity contribution in [3.63, 3.8) is 0 Å². The number of hydrogen-bond donors (Lipinski definition) is 0. The Hall–Kier alpha value is -1.06. The highest BCUT2D eigenvalue weighted by molar-refractivity contribution is 5.76. The van der Waals surface area contributed by atoms with Crippen LogP contribution in [0.15, 0.2) is 0 Å². The SMILES string of the molecule is CCC(C)(C)C(=O)OCCC(=O)OC(C)(C)C. The summed E-state index contributed by atoms with van der Waals surface area (Å²) in [6, 6.07) is 0. The third-order valence-corrected chi connectivity index (χ3v) is 2.40.